The van der Waals surface area contributed by atoms with E-state index in [9.17, 15) is 14.7 Å². The van der Waals surface area contributed by atoms with Gasteiger partial charge in [-0.05, 0) is 25.0 Å². The van der Waals surface area contributed by atoms with Gasteiger partial charge in [-0.15, -0.1) is 0 Å². The normalized spacial score (nSPS) is 12.3. The number of rotatable bonds is 4. The van der Waals surface area contributed by atoms with E-state index < -0.39 is 17.5 Å². The minimum Gasteiger partial charge on any atom is -0.507 e. The summed E-state index contributed by atoms with van der Waals surface area (Å²) >= 11 is 0. The van der Waals surface area contributed by atoms with E-state index in [4.69, 9.17) is 4.42 Å². The van der Waals surface area contributed by atoms with E-state index >= 15 is 0 Å². The van der Waals surface area contributed by atoms with E-state index in [0.29, 0.717) is 17.4 Å². The molecule has 20 heavy (non-hydrogen) atoms. The van der Waals surface area contributed by atoms with Gasteiger partial charge < -0.3 is 14.3 Å². The molecule has 0 amide bonds. The zero-order valence-electron chi connectivity index (χ0n) is 11.4. The van der Waals surface area contributed by atoms with Crippen LogP contribution in [0.2, 0.25) is 0 Å². The lowest BCUT2D eigenvalue weighted by atomic mass is 9.96. The Kier molecular flexibility index (Phi) is 4.08. The van der Waals surface area contributed by atoms with Crippen molar-refractivity contribution in [1.82, 2.24) is 0 Å². The highest BCUT2D eigenvalue weighted by atomic mass is 16.5. The fourth-order valence-corrected chi connectivity index (χ4v) is 2.16. The molecule has 1 atom stereocenters. The van der Waals surface area contributed by atoms with Crippen LogP contribution in [-0.2, 0) is 16.0 Å². The summed E-state index contributed by atoms with van der Waals surface area (Å²) in [6, 6.07) is 6.73. The van der Waals surface area contributed by atoms with Crippen LogP contribution in [0, 0.1) is 5.92 Å². The fourth-order valence-electron chi connectivity index (χ4n) is 2.16. The Bertz CT molecular complexity index is 686. The van der Waals surface area contributed by atoms with Crippen molar-refractivity contribution < 1.29 is 19.1 Å². The maximum atomic E-state index is 11.9. The smallest absolute Gasteiger partial charge is 0.343 e. The van der Waals surface area contributed by atoms with Gasteiger partial charge in [-0.3, -0.25) is 4.79 Å². The van der Waals surface area contributed by atoms with Gasteiger partial charge in [-0.1, -0.05) is 19.1 Å². The first-order valence-corrected chi connectivity index (χ1v) is 6.40. The third-order valence-corrected chi connectivity index (χ3v) is 3.35. The fraction of sp³-hybridized carbons (Fsp3) is 0.333. The molecule has 1 aromatic carbocycles. The molecule has 0 saturated carbocycles. The summed E-state index contributed by atoms with van der Waals surface area (Å²) in [5.74, 6) is -1.01. The van der Waals surface area contributed by atoms with Crippen molar-refractivity contribution in [3.05, 3.63) is 40.2 Å². The second kappa shape index (κ2) is 5.77. The molecule has 1 heterocycles. The Hall–Kier alpha value is -2.30. The van der Waals surface area contributed by atoms with E-state index in [1.54, 1.807) is 24.3 Å². The maximum absolute atomic E-state index is 11.9. The summed E-state index contributed by atoms with van der Waals surface area (Å²) in [5.41, 5.74) is -0.186. The molecule has 0 saturated heterocycles. The van der Waals surface area contributed by atoms with Crippen LogP contribution in [0.3, 0.4) is 0 Å². The third-order valence-electron chi connectivity index (χ3n) is 3.35. The molecule has 0 aliphatic rings. The van der Waals surface area contributed by atoms with Gasteiger partial charge >= 0.3 is 11.6 Å². The van der Waals surface area contributed by atoms with Gasteiger partial charge in [-0.25, -0.2) is 4.79 Å². The number of benzene rings is 1. The quantitative estimate of drug-likeness (QED) is 0.684. The van der Waals surface area contributed by atoms with Gasteiger partial charge in [0.15, 0.2) is 0 Å². The zero-order chi connectivity index (χ0) is 14.7. The van der Waals surface area contributed by atoms with Crippen molar-refractivity contribution in [2.24, 2.45) is 5.92 Å². The number of carbonyl (C=O) groups is 1. The van der Waals surface area contributed by atoms with Crippen molar-refractivity contribution in [2.45, 2.75) is 19.8 Å². The number of carbonyl (C=O) groups excluding carboxylic acids is 1. The van der Waals surface area contributed by atoms with Crippen LogP contribution in [0.25, 0.3) is 11.0 Å². The third kappa shape index (κ3) is 2.52. The van der Waals surface area contributed by atoms with Crippen LogP contribution in [0.5, 0.6) is 5.75 Å². The Morgan fingerprint density at radius 1 is 1.40 bits per heavy atom. The number of hydrogen-bond acceptors (Lipinski definition) is 5. The average Bonchev–Trinajstić information content (AvgIpc) is 2.46. The summed E-state index contributed by atoms with van der Waals surface area (Å²) in [6.07, 6.45) is 0.612. The molecule has 0 fully saturated rings. The molecule has 0 aliphatic carbocycles. The van der Waals surface area contributed by atoms with Crippen molar-refractivity contribution in [3.63, 3.8) is 0 Å². The summed E-state index contributed by atoms with van der Waals surface area (Å²) in [4.78, 5) is 23.5. The standard InChI is InChI=1S/C15H16O5/c1-3-9(14(17)19-2)8-11-13(16)10-6-4-5-7-12(10)20-15(11)18/h4-7,9,16H,3,8H2,1-2H3. The van der Waals surface area contributed by atoms with E-state index in [0.717, 1.165) is 0 Å². The highest BCUT2D eigenvalue weighted by Crippen LogP contribution is 2.28. The Balaban J connectivity index is 2.49. The molecule has 0 aliphatic heterocycles. The zero-order valence-corrected chi connectivity index (χ0v) is 11.4. The Morgan fingerprint density at radius 3 is 2.75 bits per heavy atom. The molecule has 5 nitrogen and oxygen atoms in total. The summed E-state index contributed by atoms with van der Waals surface area (Å²) in [6.45, 7) is 1.82. The lowest BCUT2D eigenvalue weighted by Crippen LogP contribution is -2.21. The Labute approximate surface area is 115 Å². The van der Waals surface area contributed by atoms with Crippen LogP contribution in [0.15, 0.2) is 33.5 Å². The van der Waals surface area contributed by atoms with Gasteiger partial charge in [0.2, 0.25) is 0 Å². The number of aromatic hydroxyl groups is 1. The van der Waals surface area contributed by atoms with Crippen molar-refractivity contribution in [1.29, 1.82) is 0 Å². The number of para-hydroxylation sites is 1. The molecule has 1 unspecified atom stereocenters. The van der Waals surface area contributed by atoms with E-state index in [1.165, 1.54) is 7.11 Å². The maximum Gasteiger partial charge on any atom is 0.343 e. The molecule has 0 bridgehead atoms. The highest BCUT2D eigenvalue weighted by Gasteiger charge is 2.23. The summed E-state index contributed by atoms with van der Waals surface area (Å²) < 4.78 is 9.85. The SMILES string of the molecule is CCC(Cc1c(O)c2ccccc2oc1=O)C(=O)OC. The number of fused-ring (bicyclic) bond motifs is 1. The van der Waals surface area contributed by atoms with Crippen molar-refractivity contribution in [3.8, 4) is 5.75 Å². The number of esters is 1. The minimum absolute atomic E-state index is 0.0994. The predicted molar refractivity (Wildman–Crippen MR) is 73.6 cm³/mol. The number of methoxy groups -OCH3 is 1. The second-order valence-corrected chi connectivity index (χ2v) is 4.55. The highest BCUT2D eigenvalue weighted by molar-refractivity contribution is 5.84. The first kappa shape index (κ1) is 14.1. The largest absolute Gasteiger partial charge is 0.507 e. The first-order chi connectivity index (χ1) is 9.58. The van der Waals surface area contributed by atoms with E-state index in [1.807, 2.05) is 6.92 Å². The molecular weight excluding hydrogens is 260 g/mol. The molecule has 1 aromatic heterocycles. The molecule has 106 valence electrons. The molecule has 0 radical (unpaired) electrons. The molecule has 0 spiro atoms. The minimum atomic E-state index is -0.622. The average molecular weight is 276 g/mol. The molecule has 1 N–H and O–H groups in total. The van der Waals surface area contributed by atoms with Crippen molar-refractivity contribution in [2.75, 3.05) is 7.11 Å². The van der Waals surface area contributed by atoms with Crippen LogP contribution in [-0.4, -0.2) is 18.2 Å². The van der Waals surface area contributed by atoms with Crippen LogP contribution in [0.1, 0.15) is 18.9 Å². The topological polar surface area (TPSA) is 76.7 Å². The molecule has 2 aromatic rings. The second-order valence-electron chi connectivity index (χ2n) is 4.55. The first-order valence-electron chi connectivity index (χ1n) is 6.40. The van der Waals surface area contributed by atoms with Gasteiger partial charge in [0.25, 0.3) is 0 Å². The number of ether oxygens (including phenoxy) is 1. The molecular formula is C15H16O5. The van der Waals surface area contributed by atoms with E-state index in [2.05, 4.69) is 4.74 Å². The lowest BCUT2D eigenvalue weighted by molar-refractivity contribution is -0.145. The van der Waals surface area contributed by atoms with Gasteiger partial charge in [0.05, 0.1) is 24.0 Å². The summed E-state index contributed by atoms with van der Waals surface area (Å²) in [5, 5.41) is 10.7. The van der Waals surface area contributed by atoms with Crippen molar-refractivity contribution >= 4 is 16.9 Å². The van der Waals surface area contributed by atoms with Gasteiger partial charge in [0, 0.05) is 0 Å². The van der Waals surface area contributed by atoms with Crippen LogP contribution in [0.4, 0.5) is 0 Å². The van der Waals surface area contributed by atoms with Crippen LogP contribution >= 0.6 is 0 Å². The van der Waals surface area contributed by atoms with Crippen LogP contribution < -0.4 is 5.63 Å². The predicted octanol–water partition coefficient (Wildman–Crippen LogP) is 2.24. The van der Waals surface area contributed by atoms with Gasteiger partial charge in [-0.2, -0.15) is 0 Å². The monoisotopic (exact) mass is 276 g/mol. The molecule has 2 rings (SSSR count). The lowest BCUT2D eigenvalue weighted by Gasteiger charge is -2.13. The number of hydrogen-bond donors (Lipinski definition) is 1. The molecule has 5 heteroatoms. The van der Waals surface area contributed by atoms with Gasteiger partial charge in [0.1, 0.15) is 11.3 Å². The Morgan fingerprint density at radius 2 is 2.10 bits per heavy atom. The van der Waals surface area contributed by atoms with E-state index in [-0.39, 0.29) is 17.7 Å². The summed E-state index contributed by atoms with van der Waals surface area (Å²) in [7, 11) is 1.30.